The Labute approximate surface area is 133 Å². The molecule has 4 nitrogen and oxygen atoms in total. The summed E-state index contributed by atoms with van der Waals surface area (Å²) >= 11 is 5.74. The van der Waals surface area contributed by atoms with Crippen LogP contribution in [0.1, 0.15) is 35.4 Å². The highest BCUT2D eigenvalue weighted by Crippen LogP contribution is 2.19. The van der Waals surface area contributed by atoms with Gasteiger partial charge in [-0.1, -0.05) is 23.7 Å². The third-order valence-electron chi connectivity index (χ3n) is 3.20. The van der Waals surface area contributed by atoms with Gasteiger partial charge in [-0.15, -0.1) is 0 Å². The lowest BCUT2D eigenvalue weighted by molar-refractivity contribution is 0.0917. The smallest absolute Gasteiger partial charge is 0.251 e. The quantitative estimate of drug-likeness (QED) is 0.831. The van der Waals surface area contributed by atoms with Gasteiger partial charge in [0.25, 0.3) is 5.91 Å². The molecule has 1 aromatic carbocycles. The number of aromatic nitrogens is 1. The fourth-order valence-electron chi connectivity index (χ4n) is 2.07. The van der Waals surface area contributed by atoms with Gasteiger partial charge in [-0.25, -0.2) is 9.37 Å². The van der Waals surface area contributed by atoms with Crippen LogP contribution in [0.25, 0.3) is 0 Å². The lowest BCUT2D eigenvalue weighted by Crippen LogP contribution is -2.33. The van der Waals surface area contributed by atoms with Gasteiger partial charge in [0.05, 0.1) is 6.10 Å². The van der Waals surface area contributed by atoms with E-state index in [-0.39, 0.29) is 22.9 Å². The third-order valence-corrected chi connectivity index (χ3v) is 3.40. The van der Waals surface area contributed by atoms with Crippen LogP contribution in [-0.4, -0.2) is 22.0 Å². The van der Waals surface area contributed by atoms with Crippen molar-refractivity contribution in [1.82, 2.24) is 10.3 Å². The Morgan fingerprint density at radius 1 is 1.36 bits per heavy atom. The van der Waals surface area contributed by atoms with Crippen LogP contribution >= 0.6 is 11.6 Å². The number of halogens is 2. The molecule has 0 saturated carbocycles. The van der Waals surface area contributed by atoms with Crippen molar-refractivity contribution in [2.75, 3.05) is 0 Å². The van der Waals surface area contributed by atoms with E-state index in [2.05, 4.69) is 10.3 Å². The van der Waals surface area contributed by atoms with Gasteiger partial charge >= 0.3 is 0 Å². The average Bonchev–Trinajstić information content (AvgIpc) is 2.47. The molecule has 22 heavy (non-hydrogen) atoms. The van der Waals surface area contributed by atoms with Crippen LogP contribution in [0.2, 0.25) is 5.15 Å². The van der Waals surface area contributed by atoms with Crippen molar-refractivity contribution < 1.29 is 14.3 Å². The van der Waals surface area contributed by atoms with E-state index in [9.17, 15) is 14.3 Å². The molecule has 2 atom stereocenters. The molecule has 0 aliphatic carbocycles. The average molecular weight is 323 g/mol. The van der Waals surface area contributed by atoms with Gasteiger partial charge in [-0.2, -0.15) is 0 Å². The monoisotopic (exact) mass is 322 g/mol. The van der Waals surface area contributed by atoms with Gasteiger partial charge in [-0.3, -0.25) is 4.79 Å². The first-order valence-electron chi connectivity index (χ1n) is 6.81. The predicted molar refractivity (Wildman–Crippen MR) is 82.2 cm³/mol. The molecule has 2 N–H and O–H groups in total. The molecule has 2 aromatic rings. The summed E-state index contributed by atoms with van der Waals surface area (Å²) in [6.07, 6.45) is 0.989. The highest BCUT2D eigenvalue weighted by atomic mass is 35.5. The van der Waals surface area contributed by atoms with Crippen LogP contribution in [0.5, 0.6) is 0 Å². The van der Waals surface area contributed by atoms with Gasteiger partial charge in [0.2, 0.25) is 0 Å². The zero-order valence-corrected chi connectivity index (χ0v) is 12.7. The molecule has 0 fully saturated rings. The van der Waals surface area contributed by atoms with E-state index in [0.29, 0.717) is 17.5 Å². The van der Waals surface area contributed by atoms with Gasteiger partial charge in [-0.05, 0) is 43.2 Å². The van der Waals surface area contributed by atoms with E-state index < -0.39 is 6.10 Å². The van der Waals surface area contributed by atoms with Crippen molar-refractivity contribution in [3.8, 4) is 0 Å². The molecule has 1 heterocycles. The standard InChI is InChI=1S/C16H16ClFN2O2/c1-10(8-14(21)11-2-4-13(18)5-3-11)20-16(22)12-6-7-19-15(17)9-12/h2-7,9-10,14,21H,8H2,1H3,(H,20,22). The molecule has 0 aliphatic heterocycles. The number of hydrogen-bond donors (Lipinski definition) is 2. The lowest BCUT2D eigenvalue weighted by atomic mass is 10.0. The molecule has 1 amide bonds. The molecule has 116 valence electrons. The van der Waals surface area contributed by atoms with Crippen molar-refractivity contribution >= 4 is 17.5 Å². The number of carbonyl (C=O) groups is 1. The van der Waals surface area contributed by atoms with Crippen LogP contribution in [0.3, 0.4) is 0 Å². The summed E-state index contributed by atoms with van der Waals surface area (Å²) in [5, 5.41) is 13.1. The fraction of sp³-hybridized carbons (Fsp3) is 0.250. The van der Waals surface area contributed by atoms with E-state index in [1.807, 2.05) is 0 Å². The van der Waals surface area contributed by atoms with Crippen molar-refractivity contribution in [2.45, 2.75) is 25.5 Å². The Morgan fingerprint density at radius 2 is 2.05 bits per heavy atom. The number of rotatable bonds is 5. The van der Waals surface area contributed by atoms with Crippen molar-refractivity contribution in [3.63, 3.8) is 0 Å². The minimum Gasteiger partial charge on any atom is -0.388 e. The van der Waals surface area contributed by atoms with E-state index in [1.165, 1.54) is 36.5 Å². The Bertz CT molecular complexity index is 649. The zero-order chi connectivity index (χ0) is 16.1. The minimum atomic E-state index is -0.781. The van der Waals surface area contributed by atoms with Crippen molar-refractivity contribution in [1.29, 1.82) is 0 Å². The number of benzene rings is 1. The number of pyridine rings is 1. The number of nitrogens with one attached hydrogen (secondary N) is 1. The lowest BCUT2D eigenvalue weighted by Gasteiger charge is -2.18. The summed E-state index contributed by atoms with van der Waals surface area (Å²) in [5.74, 6) is -0.644. The largest absolute Gasteiger partial charge is 0.388 e. The van der Waals surface area contributed by atoms with E-state index in [1.54, 1.807) is 13.0 Å². The number of aliphatic hydroxyl groups excluding tert-OH is 1. The Balaban J connectivity index is 1.93. The number of aliphatic hydroxyl groups is 1. The molecule has 2 rings (SSSR count). The zero-order valence-electron chi connectivity index (χ0n) is 12.0. The van der Waals surface area contributed by atoms with Crippen molar-refractivity contribution in [2.24, 2.45) is 0 Å². The molecular formula is C16H16ClFN2O2. The second-order valence-electron chi connectivity index (χ2n) is 5.04. The summed E-state index contributed by atoms with van der Waals surface area (Å²) < 4.78 is 12.9. The molecule has 6 heteroatoms. The first kappa shape index (κ1) is 16.4. The first-order valence-corrected chi connectivity index (χ1v) is 7.19. The van der Waals surface area contributed by atoms with Gasteiger partial charge in [0.15, 0.2) is 0 Å². The normalized spacial score (nSPS) is 13.5. The summed E-state index contributed by atoms with van der Waals surface area (Å²) in [5.41, 5.74) is 1.01. The molecule has 0 spiro atoms. The molecule has 0 bridgehead atoms. The van der Waals surface area contributed by atoms with E-state index in [0.717, 1.165) is 0 Å². The topological polar surface area (TPSA) is 62.2 Å². The number of nitrogens with zero attached hydrogens (tertiary/aromatic N) is 1. The van der Waals surface area contributed by atoms with Crippen LogP contribution in [0.4, 0.5) is 4.39 Å². The second-order valence-corrected chi connectivity index (χ2v) is 5.43. The number of hydrogen-bond acceptors (Lipinski definition) is 3. The van der Waals surface area contributed by atoms with Gasteiger partial charge in [0, 0.05) is 17.8 Å². The molecule has 2 unspecified atom stereocenters. The van der Waals surface area contributed by atoms with Crippen LogP contribution in [0, 0.1) is 5.82 Å². The highest BCUT2D eigenvalue weighted by molar-refractivity contribution is 6.29. The predicted octanol–water partition coefficient (Wildman–Crippen LogP) is 3.12. The molecule has 0 saturated heterocycles. The number of amides is 1. The molecule has 0 radical (unpaired) electrons. The second kappa shape index (κ2) is 7.33. The van der Waals surface area contributed by atoms with Crippen molar-refractivity contribution in [3.05, 3.63) is 64.7 Å². The highest BCUT2D eigenvalue weighted by Gasteiger charge is 2.15. The summed E-state index contributed by atoms with van der Waals surface area (Å²) in [6, 6.07) is 8.40. The van der Waals surface area contributed by atoms with Crippen LogP contribution < -0.4 is 5.32 Å². The van der Waals surface area contributed by atoms with Crippen LogP contribution in [-0.2, 0) is 0 Å². The molecular weight excluding hydrogens is 307 g/mol. The first-order chi connectivity index (χ1) is 10.5. The van der Waals surface area contributed by atoms with Gasteiger partial charge < -0.3 is 10.4 Å². The Kier molecular flexibility index (Phi) is 5.46. The Morgan fingerprint density at radius 3 is 2.68 bits per heavy atom. The third kappa shape index (κ3) is 4.51. The summed E-state index contributed by atoms with van der Waals surface area (Å²) in [4.78, 5) is 15.9. The van der Waals surface area contributed by atoms with Crippen LogP contribution in [0.15, 0.2) is 42.6 Å². The summed E-state index contributed by atoms with van der Waals surface area (Å²) in [7, 11) is 0. The maximum Gasteiger partial charge on any atom is 0.251 e. The minimum absolute atomic E-state index is 0.242. The van der Waals surface area contributed by atoms with E-state index >= 15 is 0 Å². The fourth-order valence-corrected chi connectivity index (χ4v) is 2.24. The van der Waals surface area contributed by atoms with E-state index in [4.69, 9.17) is 11.6 Å². The van der Waals surface area contributed by atoms with Gasteiger partial charge in [0.1, 0.15) is 11.0 Å². The maximum absolute atomic E-state index is 12.9. The molecule has 0 aliphatic rings. The number of carbonyl (C=O) groups excluding carboxylic acids is 1. The molecule has 1 aromatic heterocycles. The summed E-state index contributed by atoms with van der Waals surface area (Å²) in [6.45, 7) is 1.79. The Hall–Kier alpha value is -1.98. The SMILES string of the molecule is CC(CC(O)c1ccc(F)cc1)NC(=O)c1ccnc(Cl)c1. The maximum atomic E-state index is 12.9.